The minimum atomic E-state index is -1.10. The molecule has 1 unspecified atom stereocenters. The first-order valence-corrected chi connectivity index (χ1v) is 8.30. The molecule has 0 bridgehead atoms. The van der Waals surface area contributed by atoms with E-state index in [-0.39, 0.29) is 28.1 Å². The molecule has 3 aromatic carbocycles. The van der Waals surface area contributed by atoms with Gasteiger partial charge in [-0.1, -0.05) is 23.7 Å². The molecule has 0 radical (unpaired) electrons. The van der Waals surface area contributed by atoms with Gasteiger partial charge in [0.1, 0.15) is 11.6 Å². The van der Waals surface area contributed by atoms with Crippen LogP contribution < -0.4 is 9.96 Å². The van der Waals surface area contributed by atoms with Gasteiger partial charge in [0, 0.05) is 22.7 Å². The minimum absolute atomic E-state index is 0.0429. The molecule has 3 aromatic rings. The fraction of sp³-hybridized carbons (Fsp3) is 0.0500. The van der Waals surface area contributed by atoms with E-state index in [1.165, 1.54) is 43.5 Å². The molecule has 1 atom stereocenters. The van der Waals surface area contributed by atoms with Crippen LogP contribution in [0.4, 0.5) is 10.1 Å². The molecule has 138 valence electrons. The van der Waals surface area contributed by atoms with Crippen LogP contribution in [0, 0.1) is 11.0 Å². The van der Waals surface area contributed by atoms with Crippen LogP contribution in [-0.4, -0.2) is 18.1 Å². The number of rotatable bonds is 5. The van der Waals surface area contributed by atoms with Crippen LogP contribution >= 0.6 is 11.6 Å². The number of quaternary nitrogens is 1. The van der Waals surface area contributed by atoms with E-state index in [0.717, 1.165) is 0 Å². The molecule has 0 fully saturated rings. The zero-order valence-corrected chi connectivity index (χ0v) is 15.0. The van der Waals surface area contributed by atoms with E-state index < -0.39 is 16.8 Å². The van der Waals surface area contributed by atoms with E-state index in [1.807, 2.05) is 0 Å². The number of benzene rings is 3. The van der Waals surface area contributed by atoms with Crippen molar-refractivity contribution in [1.82, 2.24) is 0 Å². The number of hydrogen-bond acceptors (Lipinski definition) is 4. The number of halogens is 2. The number of carbonyl (C=O) groups is 1. The van der Waals surface area contributed by atoms with E-state index >= 15 is 4.39 Å². The van der Waals surface area contributed by atoms with Crippen LogP contribution in [0.5, 0.6) is 5.75 Å². The average molecular weight is 388 g/mol. The van der Waals surface area contributed by atoms with Crippen molar-refractivity contribution in [2.45, 2.75) is 0 Å². The fourth-order valence-electron chi connectivity index (χ4n) is 2.74. The van der Waals surface area contributed by atoms with Gasteiger partial charge in [0.2, 0.25) is 0 Å². The first-order chi connectivity index (χ1) is 12.9. The Hall–Kier alpha value is -2.77. The molecular weight excluding hydrogens is 373 g/mol. The van der Waals surface area contributed by atoms with E-state index in [0.29, 0.717) is 10.6 Å². The lowest BCUT2D eigenvalue weighted by Crippen LogP contribution is -2.99. The highest BCUT2D eigenvalue weighted by Gasteiger charge is 2.21. The third-order valence-electron chi connectivity index (χ3n) is 4.08. The maximum atomic E-state index is 15.2. The zero-order valence-electron chi connectivity index (χ0n) is 14.2. The van der Waals surface area contributed by atoms with Crippen molar-refractivity contribution in [1.29, 1.82) is 0 Å². The number of ether oxygens (including phenoxy) is 1. The fourth-order valence-corrected chi connectivity index (χ4v) is 2.93. The topological polar surface area (TPSA) is 74.0 Å². The number of hydrogen-bond donors (Lipinski definition) is 2. The molecular formula is C20H15ClFNO4. The lowest BCUT2D eigenvalue weighted by atomic mass is 9.96. The molecule has 5 nitrogen and oxygen atoms in total. The summed E-state index contributed by atoms with van der Waals surface area (Å²) in [4.78, 5) is 12.7. The Balaban J connectivity index is 2.09. The molecule has 0 spiro atoms. The van der Waals surface area contributed by atoms with Gasteiger partial charge in [0.25, 0.3) is 0 Å². The Labute approximate surface area is 159 Å². The van der Waals surface area contributed by atoms with E-state index in [1.54, 1.807) is 24.3 Å². The molecule has 0 aliphatic rings. The number of nitrogens with one attached hydrogen (secondary N) is 1. The Morgan fingerprint density at radius 3 is 2.44 bits per heavy atom. The van der Waals surface area contributed by atoms with Gasteiger partial charge >= 0.3 is 0 Å². The van der Waals surface area contributed by atoms with Gasteiger partial charge in [-0.05, 0) is 42.0 Å². The van der Waals surface area contributed by atoms with Crippen molar-refractivity contribution >= 4 is 23.1 Å². The SMILES string of the molecule is COc1ccc(C(=O)c2ccc([NH+]([O-])O)cc2)c(F)c1-c1cccc(Cl)c1. The highest BCUT2D eigenvalue weighted by Crippen LogP contribution is 2.36. The van der Waals surface area contributed by atoms with Gasteiger partial charge in [-0.25, -0.2) is 9.60 Å². The van der Waals surface area contributed by atoms with Gasteiger partial charge in [-0.3, -0.25) is 4.79 Å². The van der Waals surface area contributed by atoms with E-state index in [2.05, 4.69) is 0 Å². The molecule has 3 rings (SSSR count). The third-order valence-corrected chi connectivity index (χ3v) is 4.31. The van der Waals surface area contributed by atoms with Crippen LogP contribution in [0.15, 0.2) is 60.7 Å². The summed E-state index contributed by atoms with van der Waals surface area (Å²) in [5, 5.41) is 19.2. The molecule has 0 aliphatic heterocycles. The number of carbonyl (C=O) groups excluding carboxylic acids is 1. The summed E-state index contributed by atoms with van der Waals surface area (Å²) >= 11 is 6.00. The van der Waals surface area contributed by atoms with Crippen LogP contribution in [0.25, 0.3) is 11.1 Å². The summed E-state index contributed by atoms with van der Waals surface area (Å²) < 4.78 is 20.5. The monoisotopic (exact) mass is 387 g/mol. The normalized spacial score (nSPS) is 11.9. The molecule has 0 heterocycles. The second kappa shape index (κ2) is 7.85. The first-order valence-electron chi connectivity index (χ1n) is 7.93. The molecule has 0 aromatic heterocycles. The summed E-state index contributed by atoms with van der Waals surface area (Å²) in [6.07, 6.45) is 0. The van der Waals surface area contributed by atoms with Gasteiger partial charge in [0.15, 0.2) is 11.5 Å². The Morgan fingerprint density at radius 1 is 1.15 bits per heavy atom. The average Bonchev–Trinajstić information content (AvgIpc) is 2.67. The number of ketones is 1. The molecule has 0 amide bonds. The third kappa shape index (κ3) is 3.84. The van der Waals surface area contributed by atoms with Crippen molar-refractivity contribution in [2.75, 3.05) is 7.11 Å². The number of methoxy groups -OCH3 is 1. The van der Waals surface area contributed by atoms with Gasteiger partial charge < -0.3 is 9.94 Å². The van der Waals surface area contributed by atoms with E-state index in [9.17, 15) is 10.0 Å². The smallest absolute Gasteiger partial charge is 0.196 e. The molecule has 7 heteroatoms. The largest absolute Gasteiger partial charge is 0.595 e. The quantitative estimate of drug-likeness (QED) is 0.516. The molecule has 0 aliphatic carbocycles. The molecule has 0 saturated heterocycles. The van der Waals surface area contributed by atoms with Crippen molar-refractivity contribution in [3.8, 4) is 16.9 Å². The lowest BCUT2D eigenvalue weighted by Gasteiger charge is -2.14. The highest BCUT2D eigenvalue weighted by molar-refractivity contribution is 6.30. The molecule has 0 saturated carbocycles. The first kappa shape index (κ1) is 19.0. The summed E-state index contributed by atoms with van der Waals surface area (Å²) in [6, 6.07) is 14.8. The van der Waals surface area contributed by atoms with Crippen molar-refractivity contribution in [3.63, 3.8) is 0 Å². The van der Waals surface area contributed by atoms with Crippen molar-refractivity contribution in [3.05, 3.63) is 87.8 Å². The summed E-state index contributed by atoms with van der Waals surface area (Å²) in [5.41, 5.74) is 0.692. The second-order valence-electron chi connectivity index (χ2n) is 5.73. The summed E-state index contributed by atoms with van der Waals surface area (Å²) in [5.74, 6) is -1.02. The van der Waals surface area contributed by atoms with Gasteiger partial charge in [-0.2, -0.15) is 5.23 Å². The highest BCUT2D eigenvalue weighted by atomic mass is 35.5. The van der Waals surface area contributed by atoms with Gasteiger partial charge in [-0.15, -0.1) is 0 Å². The zero-order chi connectivity index (χ0) is 19.6. The van der Waals surface area contributed by atoms with Crippen LogP contribution in [0.3, 0.4) is 0 Å². The van der Waals surface area contributed by atoms with E-state index in [4.69, 9.17) is 21.5 Å². The maximum absolute atomic E-state index is 15.2. The second-order valence-corrected chi connectivity index (χ2v) is 6.16. The van der Waals surface area contributed by atoms with Crippen LogP contribution in [0.1, 0.15) is 15.9 Å². The Bertz CT molecular complexity index is 990. The summed E-state index contributed by atoms with van der Waals surface area (Å²) in [6.45, 7) is 0. The standard InChI is InChI=1S/C20H15ClFNO4/c1-27-17-10-9-16(19(22)18(17)13-3-2-4-14(21)11-13)20(24)12-5-7-15(8-6-12)23(25)26/h2-11,23,25H,1H3. The van der Waals surface area contributed by atoms with Crippen LogP contribution in [0.2, 0.25) is 5.02 Å². The predicted molar refractivity (Wildman–Crippen MR) is 99.0 cm³/mol. The van der Waals surface area contributed by atoms with Crippen molar-refractivity contribution < 1.29 is 24.4 Å². The van der Waals surface area contributed by atoms with Crippen LogP contribution in [-0.2, 0) is 0 Å². The van der Waals surface area contributed by atoms with Gasteiger partial charge in [0.05, 0.1) is 18.2 Å². The molecule has 2 N–H and O–H groups in total. The Kier molecular flexibility index (Phi) is 5.53. The predicted octanol–water partition coefficient (Wildman–Crippen LogP) is 3.79. The Morgan fingerprint density at radius 2 is 1.85 bits per heavy atom. The minimum Gasteiger partial charge on any atom is -0.595 e. The lowest BCUT2D eigenvalue weighted by molar-refractivity contribution is -0.991. The van der Waals surface area contributed by atoms with Crippen molar-refractivity contribution in [2.24, 2.45) is 0 Å². The molecule has 27 heavy (non-hydrogen) atoms. The summed E-state index contributed by atoms with van der Waals surface area (Å²) in [7, 11) is 1.41. The maximum Gasteiger partial charge on any atom is 0.196 e.